The average molecular weight is 452 g/mol. The number of nitrogens with one attached hydrogen (secondary N) is 2. The van der Waals surface area contributed by atoms with Gasteiger partial charge < -0.3 is 10.6 Å². The fourth-order valence-corrected chi connectivity index (χ4v) is 3.46. The molecule has 0 spiro atoms. The van der Waals surface area contributed by atoms with E-state index >= 15 is 0 Å². The van der Waals surface area contributed by atoms with E-state index in [1.807, 2.05) is 12.1 Å². The van der Waals surface area contributed by atoms with E-state index in [0.29, 0.717) is 12.6 Å². The lowest BCUT2D eigenvalue weighted by molar-refractivity contribution is -0.384. The lowest BCUT2D eigenvalue weighted by atomic mass is 10.1. The van der Waals surface area contributed by atoms with Crippen LogP contribution in [-0.2, 0) is 17.5 Å². The van der Waals surface area contributed by atoms with Crippen LogP contribution in [0.4, 0.5) is 24.5 Å². The molecule has 1 aromatic carbocycles. The first-order valence-electron chi connectivity index (χ1n) is 7.27. The number of carbonyl (C=O) groups excluding carboxylic acids is 1. The van der Waals surface area contributed by atoms with Crippen LogP contribution < -0.4 is 10.6 Å². The van der Waals surface area contributed by atoms with Crippen LogP contribution >= 0.6 is 27.3 Å². The highest BCUT2D eigenvalue weighted by atomic mass is 79.9. The van der Waals surface area contributed by atoms with Crippen LogP contribution in [0, 0.1) is 10.1 Å². The van der Waals surface area contributed by atoms with Gasteiger partial charge in [0, 0.05) is 23.9 Å². The van der Waals surface area contributed by atoms with Crippen LogP contribution in [0.1, 0.15) is 16.9 Å². The Kier molecular flexibility index (Phi) is 6.59. The van der Waals surface area contributed by atoms with Crippen molar-refractivity contribution < 1.29 is 22.9 Å². The second kappa shape index (κ2) is 8.49. The van der Waals surface area contributed by atoms with Gasteiger partial charge in [-0.05, 0) is 40.2 Å². The molecule has 1 amide bonds. The average Bonchev–Trinajstić information content (AvgIpc) is 2.97. The summed E-state index contributed by atoms with van der Waals surface area (Å²) in [5.74, 6) is -0.281. The Hall–Kier alpha value is -2.14. The summed E-state index contributed by atoms with van der Waals surface area (Å²) in [7, 11) is 0. The Morgan fingerprint density at radius 2 is 2.00 bits per heavy atom. The molecule has 0 aliphatic heterocycles. The van der Waals surface area contributed by atoms with Gasteiger partial charge in [0.25, 0.3) is 5.69 Å². The summed E-state index contributed by atoms with van der Waals surface area (Å²) in [4.78, 5) is 22.8. The molecule has 6 nitrogen and oxygen atoms in total. The number of nitro groups is 1. The number of rotatable bonds is 7. The van der Waals surface area contributed by atoms with Crippen LogP contribution in [0.3, 0.4) is 0 Å². The topological polar surface area (TPSA) is 84.3 Å². The first kappa shape index (κ1) is 20.2. The van der Waals surface area contributed by atoms with E-state index in [9.17, 15) is 28.1 Å². The number of alkyl halides is 3. The standard InChI is InChI=1S/C15H13BrF3N3O3S/c16-13-4-2-10(26-13)8-21-14(23)5-6-20-11-3-1-9(15(17,18)19)7-12(11)22(24)25/h1-4,7,20H,5-6,8H2,(H,21,23). The number of hydrogen-bond acceptors (Lipinski definition) is 5. The number of carbonyl (C=O) groups is 1. The first-order chi connectivity index (χ1) is 12.2. The lowest BCUT2D eigenvalue weighted by Crippen LogP contribution is -2.24. The molecular weight excluding hydrogens is 439 g/mol. The number of benzene rings is 1. The number of amides is 1. The number of halogens is 4. The largest absolute Gasteiger partial charge is 0.416 e. The Morgan fingerprint density at radius 3 is 2.58 bits per heavy atom. The Balaban J connectivity index is 1.90. The van der Waals surface area contributed by atoms with Crippen molar-refractivity contribution in [2.45, 2.75) is 19.1 Å². The van der Waals surface area contributed by atoms with Gasteiger partial charge in [0.15, 0.2) is 0 Å². The van der Waals surface area contributed by atoms with Crippen LogP contribution in [0.15, 0.2) is 34.1 Å². The SMILES string of the molecule is O=C(CCNc1ccc(C(F)(F)F)cc1[N+](=O)[O-])NCc1ccc(Br)s1. The van der Waals surface area contributed by atoms with E-state index in [1.165, 1.54) is 11.3 Å². The van der Waals surface area contributed by atoms with Gasteiger partial charge in [-0.25, -0.2) is 0 Å². The molecule has 0 aliphatic rings. The molecule has 0 fully saturated rings. The number of thiophene rings is 1. The number of anilines is 1. The van der Waals surface area contributed by atoms with Crippen molar-refractivity contribution in [3.8, 4) is 0 Å². The maximum atomic E-state index is 12.6. The number of nitro benzene ring substituents is 1. The minimum absolute atomic E-state index is 0.0186. The fraction of sp³-hybridized carbons (Fsp3) is 0.267. The molecule has 0 atom stereocenters. The van der Waals surface area contributed by atoms with E-state index in [4.69, 9.17) is 0 Å². The van der Waals surface area contributed by atoms with Gasteiger partial charge in [-0.1, -0.05) is 0 Å². The predicted molar refractivity (Wildman–Crippen MR) is 95.1 cm³/mol. The zero-order valence-corrected chi connectivity index (χ0v) is 15.5. The molecular formula is C15H13BrF3N3O3S. The summed E-state index contributed by atoms with van der Waals surface area (Å²) in [6.07, 6.45) is -4.65. The summed E-state index contributed by atoms with van der Waals surface area (Å²) in [5, 5.41) is 16.3. The third-order valence-corrected chi connectivity index (χ3v) is 4.90. The van der Waals surface area contributed by atoms with E-state index in [0.717, 1.165) is 20.8 Å². The highest BCUT2D eigenvalue weighted by Crippen LogP contribution is 2.34. The molecule has 1 heterocycles. The van der Waals surface area contributed by atoms with Crippen LogP contribution in [-0.4, -0.2) is 17.4 Å². The molecule has 0 saturated carbocycles. The highest BCUT2D eigenvalue weighted by molar-refractivity contribution is 9.11. The van der Waals surface area contributed by atoms with Crippen molar-refractivity contribution in [3.05, 3.63) is 54.7 Å². The Bertz CT molecular complexity index is 811. The van der Waals surface area contributed by atoms with E-state index in [2.05, 4.69) is 26.6 Å². The Labute approximate surface area is 158 Å². The van der Waals surface area contributed by atoms with Crippen LogP contribution in [0.25, 0.3) is 0 Å². The van der Waals surface area contributed by atoms with Crippen molar-refractivity contribution in [1.82, 2.24) is 5.32 Å². The quantitative estimate of drug-likeness (QED) is 0.477. The van der Waals surface area contributed by atoms with Gasteiger partial charge in [0.1, 0.15) is 5.69 Å². The predicted octanol–water partition coefficient (Wildman–Crippen LogP) is 4.56. The molecule has 1 aromatic heterocycles. The van der Waals surface area contributed by atoms with Crippen molar-refractivity contribution in [2.75, 3.05) is 11.9 Å². The first-order valence-corrected chi connectivity index (χ1v) is 8.88. The van der Waals surface area contributed by atoms with E-state index in [-0.39, 0.29) is 24.6 Å². The normalized spacial score (nSPS) is 11.2. The maximum Gasteiger partial charge on any atom is 0.416 e. The molecule has 11 heteroatoms. The highest BCUT2D eigenvalue weighted by Gasteiger charge is 2.33. The molecule has 26 heavy (non-hydrogen) atoms. The third kappa shape index (κ3) is 5.70. The summed E-state index contributed by atoms with van der Waals surface area (Å²) in [6, 6.07) is 5.93. The van der Waals surface area contributed by atoms with E-state index < -0.39 is 22.4 Å². The van der Waals surface area contributed by atoms with Gasteiger partial charge >= 0.3 is 6.18 Å². The minimum atomic E-state index is -4.67. The molecule has 0 unspecified atom stereocenters. The molecule has 2 rings (SSSR count). The van der Waals surface area contributed by atoms with Crippen molar-refractivity contribution in [3.63, 3.8) is 0 Å². The molecule has 2 N–H and O–H groups in total. The zero-order chi connectivity index (χ0) is 19.3. The van der Waals surface area contributed by atoms with E-state index in [1.54, 1.807) is 0 Å². The number of nitrogens with zero attached hydrogens (tertiary/aromatic N) is 1. The second-order valence-electron chi connectivity index (χ2n) is 5.15. The van der Waals surface area contributed by atoms with Gasteiger partial charge in [0.05, 0.1) is 20.8 Å². The smallest absolute Gasteiger partial charge is 0.379 e. The van der Waals surface area contributed by atoms with Gasteiger partial charge in [-0.15, -0.1) is 11.3 Å². The summed E-state index contributed by atoms with van der Waals surface area (Å²) < 4.78 is 38.9. The van der Waals surface area contributed by atoms with Crippen molar-refractivity contribution >= 4 is 44.5 Å². The summed E-state index contributed by atoms with van der Waals surface area (Å²) in [6.45, 7) is 0.404. The van der Waals surface area contributed by atoms with Gasteiger partial charge in [-0.3, -0.25) is 14.9 Å². The van der Waals surface area contributed by atoms with Crippen molar-refractivity contribution in [2.24, 2.45) is 0 Å². The fourth-order valence-electron chi connectivity index (χ4n) is 2.04. The summed E-state index contributed by atoms with van der Waals surface area (Å²) >= 11 is 4.79. The molecule has 0 radical (unpaired) electrons. The van der Waals surface area contributed by atoms with Crippen molar-refractivity contribution in [1.29, 1.82) is 0 Å². The third-order valence-electron chi connectivity index (χ3n) is 3.28. The monoisotopic (exact) mass is 451 g/mol. The summed E-state index contributed by atoms with van der Waals surface area (Å²) in [5.41, 5.74) is -1.86. The molecule has 0 bridgehead atoms. The minimum Gasteiger partial charge on any atom is -0.379 e. The maximum absolute atomic E-state index is 12.6. The van der Waals surface area contributed by atoms with Crippen LogP contribution in [0.5, 0.6) is 0 Å². The number of hydrogen-bond donors (Lipinski definition) is 2. The lowest BCUT2D eigenvalue weighted by Gasteiger charge is -2.10. The Morgan fingerprint density at radius 1 is 1.27 bits per heavy atom. The second-order valence-corrected chi connectivity index (χ2v) is 7.69. The van der Waals surface area contributed by atoms with Gasteiger partial charge in [0.2, 0.25) is 5.91 Å². The molecule has 0 saturated heterocycles. The zero-order valence-electron chi connectivity index (χ0n) is 13.1. The molecule has 0 aliphatic carbocycles. The van der Waals surface area contributed by atoms with Gasteiger partial charge in [-0.2, -0.15) is 13.2 Å². The molecule has 140 valence electrons. The molecule has 2 aromatic rings. The van der Waals surface area contributed by atoms with Crippen LogP contribution in [0.2, 0.25) is 0 Å².